The van der Waals surface area contributed by atoms with Crippen molar-refractivity contribution in [1.29, 1.82) is 0 Å². The molecule has 2 N–H and O–H groups in total. The Hall–Kier alpha value is -1.30. The molecule has 1 atom stereocenters. The average molecular weight is 302 g/mol. The zero-order valence-electron chi connectivity index (χ0n) is 11.9. The maximum Gasteiger partial charge on any atom is 0.255 e. The van der Waals surface area contributed by atoms with E-state index in [-0.39, 0.29) is 12.5 Å². The third kappa shape index (κ3) is 5.00. The van der Waals surface area contributed by atoms with Gasteiger partial charge in [-0.2, -0.15) is 0 Å². The molecule has 0 aliphatic carbocycles. The van der Waals surface area contributed by atoms with E-state index in [1.165, 1.54) is 13.2 Å². The van der Waals surface area contributed by atoms with Crippen LogP contribution in [-0.4, -0.2) is 44.0 Å². The number of benzene rings is 1. The van der Waals surface area contributed by atoms with Gasteiger partial charge in [-0.25, -0.2) is 0 Å². The van der Waals surface area contributed by atoms with E-state index >= 15 is 0 Å². The van der Waals surface area contributed by atoms with E-state index in [0.29, 0.717) is 29.4 Å². The smallest absolute Gasteiger partial charge is 0.255 e. The van der Waals surface area contributed by atoms with Gasteiger partial charge < -0.3 is 19.9 Å². The summed E-state index contributed by atoms with van der Waals surface area (Å²) in [5.41, 5.74) is -0.695. The predicted octanol–water partition coefficient (Wildman–Crippen LogP) is 1.87. The molecular formula is C14H20ClNO4. The van der Waals surface area contributed by atoms with Crippen molar-refractivity contribution in [2.45, 2.75) is 18.9 Å². The summed E-state index contributed by atoms with van der Waals surface area (Å²) < 4.78 is 10.0. The number of amides is 1. The SMILES string of the molecule is COCCC(C)(O)CNC(=O)c1cc(Cl)ccc1OC. The molecule has 5 nitrogen and oxygen atoms in total. The molecule has 0 saturated heterocycles. The van der Waals surface area contributed by atoms with Crippen LogP contribution in [0.5, 0.6) is 5.75 Å². The highest BCUT2D eigenvalue weighted by Crippen LogP contribution is 2.22. The van der Waals surface area contributed by atoms with Gasteiger partial charge in [0.2, 0.25) is 0 Å². The van der Waals surface area contributed by atoms with E-state index in [1.807, 2.05) is 0 Å². The van der Waals surface area contributed by atoms with Crippen LogP contribution in [0.4, 0.5) is 0 Å². The summed E-state index contributed by atoms with van der Waals surface area (Å²) in [5.74, 6) is 0.0884. The highest BCUT2D eigenvalue weighted by molar-refractivity contribution is 6.31. The quantitative estimate of drug-likeness (QED) is 0.807. The molecule has 112 valence electrons. The highest BCUT2D eigenvalue weighted by atomic mass is 35.5. The summed E-state index contributed by atoms with van der Waals surface area (Å²) in [6.45, 7) is 2.18. The first-order valence-electron chi connectivity index (χ1n) is 6.22. The van der Waals surface area contributed by atoms with E-state index in [1.54, 1.807) is 26.2 Å². The Bertz CT molecular complexity index is 462. The molecule has 0 heterocycles. The van der Waals surface area contributed by atoms with Crippen molar-refractivity contribution in [3.05, 3.63) is 28.8 Å². The minimum atomic E-state index is -1.03. The number of aliphatic hydroxyl groups is 1. The average Bonchev–Trinajstić information content (AvgIpc) is 2.42. The second kappa shape index (κ2) is 7.47. The van der Waals surface area contributed by atoms with Gasteiger partial charge in [0.15, 0.2) is 0 Å². The first kappa shape index (κ1) is 16.8. The molecule has 1 amide bonds. The number of carbonyl (C=O) groups excluding carboxylic acids is 1. The van der Waals surface area contributed by atoms with E-state index in [2.05, 4.69) is 5.32 Å². The van der Waals surface area contributed by atoms with Crippen molar-refractivity contribution < 1.29 is 19.4 Å². The maximum atomic E-state index is 12.1. The van der Waals surface area contributed by atoms with E-state index in [0.717, 1.165) is 0 Å². The normalized spacial score (nSPS) is 13.7. The van der Waals surface area contributed by atoms with E-state index in [4.69, 9.17) is 21.1 Å². The summed E-state index contributed by atoms with van der Waals surface area (Å²) in [7, 11) is 3.04. The molecule has 6 heteroatoms. The first-order chi connectivity index (χ1) is 9.39. The van der Waals surface area contributed by atoms with Crippen LogP contribution in [0, 0.1) is 0 Å². The Morgan fingerprint density at radius 1 is 1.45 bits per heavy atom. The van der Waals surface area contributed by atoms with Gasteiger partial charge in [0.1, 0.15) is 5.75 Å². The van der Waals surface area contributed by atoms with Crippen LogP contribution >= 0.6 is 11.6 Å². The molecule has 0 saturated carbocycles. The van der Waals surface area contributed by atoms with E-state index < -0.39 is 5.60 Å². The Labute approximate surface area is 123 Å². The lowest BCUT2D eigenvalue weighted by molar-refractivity contribution is 0.0243. The fourth-order valence-electron chi connectivity index (χ4n) is 1.63. The Kier molecular flexibility index (Phi) is 6.26. The topological polar surface area (TPSA) is 67.8 Å². The fourth-order valence-corrected chi connectivity index (χ4v) is 1.81. The predicted molar refractivity (Wildman–Crippen MR) is 77.5 cm³/mol. The molecule has 0 aromatic heterocycles. The van der Waals surface area contributed by atoms with Crippen LogP contribution < -0.4 is 10.1 Å². The fraction of sp³-hybridized carbons (Fsp3) is 0.500. The zero-order valence-corrected chi connectivity index (χ0v) is 12.7. The molecule has 0 bridgehead atoms. The molecular weight excluding hydrogens is 282 g/mol. The third-order valence-electron chi connectivity index (χ3n) is 2.88. The van der Waals surface area contributed by atoms with Gasteiger partial charge in [0.05, 0.1) is 18.3 Å². The number of ether oxygens (including phenoxy) is 2. The summed E-state index contributed by atoms with van der Waals surface area (Å²) in [6, 6.07) is 4.80. The zero-order chi connectivity index (χ0) is 15.2. The third-order valence-corrected chi connectivity index (χ3v) is 3.12. The summed E-state index contributed by atoms with van der Waals surface area (Å²) in [6.07, 6.45) is 0.427. The molecule has 0 fully saturated rings. The minimum Gasteiger partial charge on any atom is -0.496 e. The lowest BCUT2D eigenvalue weighted by Gasteiger charge is -2.23. The van der Waals surface area contributed by atoms with Gasteiger partial charge in [-0.3, -0.25) is 4.79 Å². The molecule has 0 radical (unpaired) electrons. The van der Waals surface area contributed by atoms with Crippen LogP contribution in [0.1, 0.15) is 23.7 Å². The van der Waals surface area contributed by atoms with Crippen LogP contribution in [0.3, 0.4) is 0 Å². The van der Waals surface area contributed by atoms with Crippen molar-refractivity contribution in [2.24, 2.45) is 0 Å². The van der Waals surface area contributed by atoms with Crippen molar-refractivity contribution in [1.82, 2.24) is 5.32 Å². The highest BCUT2D eigenvalue weighted by Gasteiger charge is 2.22. The number of halogens is 1. The molecule has 0 aliphatic heterocycles. The number of nitrogens with one attached hydrogen (secondary N) is 1. The molecule has 20 heavy (non-hydrogen) atoms. The van der Waals surface area contributed by atoms with Crippen LogP contribution in [0.15, 0.2) is 18.2 Å². The number of methoxy groups -OCH3 is 2. The van der Waals surface area contributed by atoms with Crippen molar-refractivity contribution in [3.8, 4) is 5.75 Å². The number of rotatable bonds is 7. The lowest BCUT2D eigenvalue weighted by atomic mass is 10.0. The van der Waals surface area contributed by atoms with Gasteiger partial charge in [-0.05, 0) is 25.1 Å². The monoisotopic (exact) mass is 301 g/mol. The molecule has 1 rings (SSSR count). The van der Waals surface area contributed by atoms with Crippen molar-refractivity contribution >= 4 is 17.5 Å². The molecule has 1 aromatic rings. The molecule has 1 aromatic carbocycles. The largest absolute Gasteiger partial charge is 0.496 e. The number of hydrogen-bond donors (Lipinski definition) is 2. The van der Waals surface area contributed by atoms with Crippen molar-refractivity contribution in [2.75, 3.05) is 27.4 Å². The lowest BCUT2D eigenvalue weighted by Crippen LogP contribution is -2.41. The van der Waals surface area contributed by atoms with Gasteiger partial charge in [0.25, 0.3) is 5.91 Å². The second-order valence-electron chi connectivity index (χ2n) is 4.77. The maximum absolute atomic E-state index is 12.1. The van der Waals surface area contributed by atoms with Crippen LogP contribution in [0.25, 0.3) is 0 Å². The molecule has 1 unspecified atom stereocenters. The van der Waals surface area contributed by atoms with E-state index in [9.17, 15) is 9.90 Å². The van der Waals surface area contributed by atoms with Crippen LogP contribution in [0.2, 0.25) is 5.02 Å². The number of hydrogen-bond acceptors (Lipinski definition) is 4. The second-order valence-corrected chi connectivity index (χ2v) is 5.20. The van der Waals surface area contributed by atoms with Gasteiger partial charge in [0, 0.05) is 31.7 Å². The molecule has 0 spiro atoms. The van der Waals surface area contributed by atoms with Crippen LogP contribution in [-0.2, 0) is 4.74 Å². The van der Waals surface area contributed by atoms with Gasteiger partial charge >= 0.3 is 0 Å². The summed E-state index contributed by atoms with van der Waals surface area (Å²) in [4.78, 5) is 12.1. The standard InChI is InChI=1S/C14H20ClNO4/c1-14(18,6-7-19-2)9-16-13(17)11-8-10(15)4-5-12(11)20-3/h4-5,8,18H,6-7,9H2,1-3H3,(H,16,17). The van der Waals surface area contributed by atoms with Gasteiger partial charge in [-0.15, -0.1) is 0 Å². The first-order valence-corrected chi connectivity index (χ1v) is 6.60. The minimum absolute atomic E-state index is 0.116. The molecule has 0 aliphatic rings. The van der Waals surface area contributed by atoms with Crippen molar-refractivity contribution in [3.63, 3.8) is 0 Å². The summed E-state index contributed by atoms with van der Waals surface area (Å²) in [5, 5.41) is 13.2. The Balaban J connectivity index is 2.69. The van der Waals surface area contributed by atoms with Gasteiger partial charge in [-0.1, -0.05) is 11.6 Å². The Morgan fingerprint density at radius 3 is 2.75 bits per heavy atom. The number of carbonyl (C=O) groups is 1. The Morgan fingerprint density at radius 2 is 2.15 bits per heavy atom. The summed E-state index contributed by atoms with van der Waals surface area (Å²) >= 11 is 5.87.